The SMILES string of the molecule is Cc1cc(O)c(C)c(S(=O)(=O)c2cc(C)c(O)c(C)c2C)c1C. The number of hydrogen-bond acceptors (Lipinski definition) is 4. The Balaban J connectivity index is 2.91. The Morgan fingerprint density at radius 2 is 1.30 bits per heavy atom. The van der Waals surface area contributed by atoms with Crippen LogP contribution in [-0.2, 0) is 9.84 Å². The van der Waals surface area contributed by atoms with Crippen LogP contribution in [0.4, 0.5) is 0 Å². The predicted molar refractivity (Wildman–Crippen MR) is 90.1 cm³/mol. The topological polar surface area (TPSA) is 74.6 Å². The molecular formula is C18H22O4S. The Kier molecular flexibility index (Phi) is 4.20. The van der Waals surface area contributed by atoms with E-state index in [4.69, 9.17) is 0 Å². The molecular weight excluding hydrogens is 312 g/mol. The summed E-state index contributed by atoms with van der Waals surface area (Å²) in [5.41, 5.74) is 3.28. The average molecular weight is 334 g/mol. The molecule has 124 valence electrons. The highest BCUT2D eigenvalue weighted by molar-refractivity contribution is 7.91. The van der Waals surface area contributed by atoms with Gasteiger partial charge in [-0.3, -0.25) is 0 Å². The summed E-state index contributed by atoms with van der Waals surface area (Å²) < 4.78 is 26.4. The summed E-state index contributed by atoms with van der Waals surface area (Å²) >= 11 is 0. The van der Waals surface area contributed by atoms with E-state index in [0.717, 1.165) is 5.56 Å². The van der Waals surface area contributed by atoms with Gasteiger partial charge < -0.3 is 10.2 Å². The molecule has 4 nitrogen and oxygen atoms in total. The molecule has 0 atom stereocenters. The Morgan fingerprint density at radius 3 is 1.87 bits per heavy atom. The highest BCUT2D eigenvalue weighted by Crippen LogP contribution is 2.38. The van der Waals surface area contributed by atoms with Gasteiger partial charge in [-0.2, -0.15) is 0 Å². The first kappa shape index (κ1) is 17.3. The lowest BCUT2D eigenvalue weighted by Gasteiger charge is -2.18. The van der Waals surface area contributed by atoms with Crippen LogP contribution >= 0.6 is 0 Å². The zero-order valence-electron chi connectivity index (χ0n) is 14.3. The van der Waals surface area contributed by atoms with Gasteiger partial charge in [0, 0.05) is 5.56 Å². The van der Waals surface area contributed by atoms with E-state index in [1.54, 1.807) is 47.6 Å². The second-order valence-electron chi connectivity index (χ2n) is 6.09. The fraction of sp³-hybridized carbons (Fsp3) is 0.333. The molecule has 0 spiro atoms. The summed E-state index contributed by atoms with van der Waals surface area (Å²) in [7, 11) is -3.81. The molecule has 0 aliphatic carbocycles. The van der Waals surface area contributed by atoms with Crippen LogP contribution in [0.3, 0.4) is 0 Å². The third kappa shape index (κ3) is 2.59. The Bertz CT molecular complexity index is 883. The zero-order valence-corrected chi connectivity index (χ0v) is 15.1. The van der Waals surface area contributed by atoms with Crippen molar-refractivity contribution in [2.75, 3.05) is 0 Å². The van der Waals surface area contributed by atoms with E-state index in [1.807, 2.05) is 0 Å². The van der Waals surface area contributed by atoms with E-state index in [9.17, 15) is 18.6 Å². The van der Waals surface area contributed by atoms with Gasteiger partial charge in [0.1, 0.15) is 11.5 Å². The zero-order chi connectivity index (χ0) is 17.7. The Labute approximate surface area is 137 Å². The molecule has 2 N–H and O–H groups in total. The molecule has 5 heteroatoms. The number of hydrogen-bond donors (Lipinski definition) is 2. The van der Waals surface area contributed by atoms with Crippen molar-refractivity contribution < 1.29 is 18.6 Å². The van der Waals surface area contributed by atoms with Crippen LogP contribution in [0.2, 0.25) is 0 Å². The third-order valence-electron chi connectivity index (χ3n) is 4.58. The first-order valence-electron chi connectivity index (χ1n) is 7.34. The van der Waals surface area contributed by atoms with Crippen LogP contribution in [0.5, 0.6) is 11.5 Å². The molecule has 0 heterocycles. The van der Waals surface area contributed by atoms with Gasteiger partial charge in [0.25, 0.3) is 0 Å². The number of sulfone groups is 1. The summed E-state index contributed by atoms with van der Waals surface area (Å²) in [6, 6.07) is 3.06. The minimum absolute atomic E-state index is 0.0310. The molecule has 0 saturated heterocycles. The molecule has 0 aromatic heterocycles. The van der Waals surface area contributed by atoms with Gasteiger partial charge in [0.15, 0.2) is 0 Å². The summed E-state index contributed by atoms with van der Waals surface area (Å²) in [4.78, 5) is 0.309. The van der Waals surface area contributed by atoms with Crippen molar-refractivity contribution in [3.05, 3.63) is 45.5 Å². The van der Waals surface area contributed by atoms with E-state index in [0.29, 0.717) is 27.8 Å². The number of phenols is 2. The molecule has 0 aliphatic rings. The van der Waals surface area contributed by atoms with Crippen LogP contribution in [-0.4, -0.2) is 18.6 Å². The highest BCUT2D eigenvalue weighted by atomic mass is 32.2. The lowest BCUT2D eigenvalue weighted by Crippen LogP contribution is -2.10. The van der Waals surface area contributed by atoms with Crippen molar-refractivity contribution >= 4 is 9.84 Å². The normalized spacial score (nSPS) is 11.7. The first-order chi connectivity index (χ1) is 10.5. The Hall–Kier alpha value is -2.01. The molecule has 0 aliphatic heterocycles. The number of phenolic OH excluding ortho intramolecular Hbond substituents is 2. The van der Waals surface area contributed by atoms with Crippen LogP contribution in [0.1, 0.15) is 33.4 Å². The van der Waals surface area contributed by atoms with Crippen LogP contribution < -0.4 is 0 Å². The monoisotopic (exact) mass is 334 g/mol. The van der Waals surface area contributed by atoms with Crippen molar-refractivity contribution in [3.63, 3.8) is 0 Å². The maximum Gasteiger partial charge on any atom is 0.207 e. The molecule has 2 aromatic carbocycles. The second kappa shape index (κ2) is 5.57. The molecule has 2 aromatic rings. The summed E-state index contributed by atoms with van der Waals surface area (Å²) in [5.74, 6) is 0.0820. The van der Waals surface area contributed by atoms with E-state index >= 15 is 0 Å². The van der Waals surface area contributed by atoms with Gasteiger partial charge in [-0.05, 0) is 81.5 Å². The summed E-state index contributed by atoms with van der Waals surface area (Å²) in [5, 5.41) is 20.0. The summed E-state index contributed by atoms with van der Waals surface area (Å²) in [6.07, 6.45) is 0. The van der Waals surface area contributed by atoms with Gasteiger partial charge >= 0.3 is 0 Å². The fourth-order valence-corrected chi connectivity index (χ4v) is 5.00. The molecule has 0 unspecified atom stereocenters. The first-order valence-corrected chi connectivity index (χ1v) is 8.83. The largest absolute Gasteiger partial charge is 0.508 e. The van der Waals surface area contributed by atoms with Crippen LogP contribution in [0.25, 0.3) is 0 Å². The van der Waals surface area contributed by atoms with Gasteiger partial charge in [-0.25, -0.2) is 8.42 Å². The van der Waals surface area contributed by atoms with Gasteiger partial charge in [0.2, 0.25) is 9.84 Å². The van der Waals surface area contributed by atoms with Crippen molar-refractivity contribution in [1.82, 2.24) is 0 Å². The van der Waals surface area contributed by atoms with Gasteiger partial charge in [-0.1, -0.05) is 0 Å². The maximum atomic E-state index is 13.2. The highest BCUT2D eigenvalue weighted by Gasteiger charge is 2.28. The predicted octanol–water partition coefficient (Wildman–Crippen LogP) is 3.78. The minimum atomic E-state index is -3.81. The van der Waals surface area contributed by atoms with E-state index < -0.39 is 9.84 Å². The number of benzene rings is 2. The van der Waals surface area contributed by atoms with Crippen molar-refractivity contribution in [2.45, 2.75) is 51.3 Å². The standard InChI is InChI=1S/C18H22O4S/c1-9-7-15(19)14(6)18(11(9)3)23(21,22)16-8-10(2)17(20)13(5)12(16)4/h7-8,19-20H,1-6H3. The Morgan fingerprint density at radius 1 is 0.739 bits per heavy atom. The summed E-state index contributed by atoms with van der Waals surface area (Å²) in [6.45, 7) is 10.2. The fourth-order valence-electron chi connectivity index (χ4n) is 2.82. The lowest BCUT2D eigenvalue weighted by molar-refractivity contribution is 0.465. The smallest absolute Gasteiger partial charge is 0.207 e. The number of aromatic hydroxyl groups is 2. The van der Waals surface area contributed by atoms with Crippen LogP contribution in [0, 0.1) is 41.5 Å². The number of aryl methyl sites for hydroxylation is 2. The third-order valence-corrected chi connectivity index (χ3v) is 6.73. The van der Waals surface area contributed by atoms with Gasteiger partial charge in [-0.15, -0.1) is 0 Å². The molecule has 2 rings (SSSR count). The molecule has 0 amide bonds. The maximum absolute atomic E-state index is 13.2. The van der Waals surface area contributed by atoms with E-state index in [1.165, 1.54) is 6.07 Å². The minimum Gasteiger partial charge on any atom is -0.508 e. The van der Waals surface area contributed by atoms with E-state index in [-0.39, 0.29) is 21.3 Å². The second-order valence-corrected chi connectivity index (χ2v) is 7.94. The van der Waals surface area contributed by atoms with Crippen molar-refractivity contribution in [1.29, 1.82) is 0 Å². The molecule has 0 bridgehead atoms. The average Bonchev–Trinajstić information content (AvgIpc) is 2.46. The van der Waals surface area contributed by atoms with Crippen molar-refractivity contribution in [2.24, 2.45) is 0 Å². The molecule has 0 radical (unpaired) electrons. The molecule has 0 fully saturated rings. The molecule has 23 heavy (non-hydrogen) atoms. The number of rotatable bonds is 2. The van der Waals surface area contributed by atoms with Crippen LogP contribution in [0.15, 0.2) is 21.9 Å². The van der Waals surface area contributed by atoms with Gasteiger partial charge in [0.05, 0.1) is 9.79 Å². The molecule has 0 saturated carbocycles. The van der Waals surface area contributed by atoms with E-state index in [2.05, 4.69) is 0 Å². The van der Waals surface area contributed by atoms with Crippen molar-refractivity contribution in [3.8, 4) is 11.5 Å². The lowest BCUT2D eigenvalue weighted by atomic mass is 10.1. The quantitative estimate of drug-likeness (QED) is 0.876.